The van der Waals surface area contributed by atoms with Gasteiger partial charge in [-0.05, 0) is 70.8 Å². The summed E-state index contributed by atoms with van der Waals surface area (Å²) < 4.78 is 4.91. The Labute approximate surface area is 250 Å². The van der Waals surface area contributed by atoms with Crippen LogP contribution in [-0.2, 0) is 0 Å². The molecule has 4 heteroatoms. The predicted octanol–water partition coefficient (Wildman–Crippen LogP) is 11.2. The van der Waals surface area contributed by atoms with Gasteiger partial charge in [-0.2, -0.15) is 10.5 Å². The van der Waals surface area contributed by atoms with E-state index in [9.17, 15) is 10.5 Å². The van der Waals surface area contributed by atoms with Crippen LogP contribution >= 0.6 is 22.7 Å². The van der Waals surface area contributed by atoms with E-state index in [0.29, 0.717) is 11.1 Å². The van der Waals surface area contributed by atoms with Gasteiger partial charge in [0.15, 0.2) is 0 Å². The molecule has 0 saturated heterocycles. The monoisotopic (exact) mass is 568 g/mol. The van der Waals surface area contributed by atoms with Crippen molar-refractivity contribution in [3.8, 4) is 45.5 Å². The Morgan fingerprint density at radius 2 is 1.00 bits per heavy atom. The van der Waals surface area contributed by atoms with Gasteiger partial charge in [-0.15, -0.1) is 22.7 Å². The van der Waals surface area contributed by atoms with E-state index in [-0.39, 0.29) is 0 Å². The van der Waals surface area contributed by atoms with E-state index in [1.54, 1.807) is 28.7 Å². The molecule has 0 bridgehead atoms. The highest BCUT2D eigenvalue weighted by atomic mass is 32.1. The van der Waals surface area contributed by atoms with Crippen molar-refractivity contribution < 1.29 is 0 Å². The Balaban J connectivity index is 1.51. The largest absolute Gasteiger partial charge is 0.192 e. The van der Waals surface area contributed by atoms with Crippen molar-refractivity contribution in [3.63, 3.8) is 0 Å². The Morgan fingerprint density at radius 3 is 1.67 bits per heavy atom. The van der Waals surface area contributed by atoms with E-state index in [0.717, 1.165) is 33.4 Å². The van der Waals surface area contributed by atoms with Gasteiger partial charge in [0.05, 0.1) is 17.2 Å². The van der Waals surface area contributed by atoms with Crippen LogP contribution in [0.15, 0.2) is 121 Å². The molecule has 2 aromatic heterocycles. The van der Waals surface area contributed by atoms with Crippen molar-refractivity contribution in [2.24, 2.45) is 0 Å². The fourth-order valence-corrected chi connectivity index (χ4v) is 8.39. The summed E-state index contributed by atoms with van der Waals surface area (Å²) in [6, 6.07) is 46.6. The molecule has 0 aliphatic rings. The molecule has 0 N–H and O–H groups in total. The molecule has 0 saturated carbocycles. The summed E-state index contributed by atoms with van der Waals surface area (Å²) in [5, 5.41) is 25.2. The second-order valence-electron chi connectivity index (χ2n) is 10.3. The van der Waals surface area contributed by atoms with Crippen molar-refractivity contribution in [2.45, 2.75) is 0 Å². The van der Waals surface area contributed by atoms with Crippen LogP contribution in [0.5, 0.6) is 0 Å². The topological polar surface area (TPSA) is 47.6 Å². The van der Waals surface area contributed by atoms with Crippen molar-refractivity contribution >= 4 is 63.0 Å². The molecule has 8 aromatic rings. The summed E-state index contributed by atoms with van der Waals surface area (Å²) in [5.74, 6) is 0. The summed E-state index contributed by atoms with van der Waals surface area (Å²) in [5.41, 5.74) is 7.00. The molecule has 0 amide bonds. The number of rotatable bonds is 3. The SMILES string of the molecule is N#Cc1cccc(-c2cc(-c3cccc4sc5ccccc5c34)cc(-c3cccc4sc5ccccc5c34)c2C#N)c1. The third kappa shape index (κ3) is 3.75. The van der Waals surface area contributed by atoms with Crippen molar-refractivity contribution in [2.75, 3.05) is 0 Å². The number of hydrogen-bond acceptors (Lipinski definition) is 4. The molecule has 2 heterocycles. The first-order valence-electron chi connectivity index (χ1n) is 13.6. The number of nitriles is 2. The zero-order valence-electron chi connectivity index (χ0n) is 22.3. The second kappa shape index (κ2) is 9.68. The number of benzene rings is 6. The number of nitrogens with zero attached hydrogens (tertiary/aromatic N) is 2. The average molecular weight is 569 g/mol. The highest BCUT2D eigenvalue weighted by Crippen LogP contribution is 2.46. The molecule has 0 aliphatic heterocycles. The third-order valence-electron chi connectivity index (χ3n) is 7.96. The molecule has 6 aromatic carbocycles. The number of fused-ring (bicyclic) bond motifs is 6. The maximum atomic E-state index is 10.7. The van der Waals surface area contributed by atoms with Gasteiger partial charge in [-0.25, -0.2) is 0 Å². The summed E-state index contributed by atoms with van der Waals surface area (Å²) >= 11 is 3.58. The van der Waals surface area contributed by atoms with E-state index < -0.39 is 0 Å². The molecular weight excluding hydrogens is 549 g/mol. The van der Waals surface area contributed by atoms with E-state index in [1.807, 2.05) is 18.2 Å². The molecule has 42 heavy (non-hydrogen) atoms. The minimum Gasteiger partial charge on any atom is -0.192 e. The normalized spacial score (nSPS) is 11.3. The lowest BCUT2D eigenvalue weighted by atomic mass is 9.86. The maximum Gasteiger partial charge on any atom is 0.100 e. The highest BCUT2D eigenvalue weighted by molar-refractivity contribution is 7.26. The lowest BCUT2D eigenvalue weighted by Crippen LogP contribution is -1.94. The van der Waals surface area contributed by atoms with Gasteiger partial charge in [-0.3, -0.25) is 0 Å². The van der Waals surface area contributed by atoms with Gasteiger partial charge < -0.3 is 0 Å². The van der Waals surface area contributed by atoms with Crippen LogP contribution in [0, 0.1) is 22.7 Å². The van der Waals surface area contributed by atoms with Gasteiger partial charge in [0, 0.05) is 51.5 Å². The summed E-state index contributed by atoms with van der Waals surface area (Å²) in [4.78, 5) is 0. The van der Waals surface area contributed by atoms with Crippen LogP contribution in [-0.4, -0.2) is 0 Å². The Bertz CT molecular complexity index is 2450. The van der Waals surface area contributed by atoms with Crippen molar-refractivity contribution in [3.05, 3.63) is 132 Å². The fourth-order valence-electron chi connectivity index (χ4n) is 6.13. The van der Waals surface area contributed by atoms with Crippen LogP contribution in [0.4, 0.5) is 0 Å². The summed E-state index contributed by atoms with van der Waals surface area (Å²) in [6.45, 7) is 0. The molecule has 194 valence electrons. The first kappa shape index (κ1) is 24.5. The molecular formula is C38H20N2S2. The van der Waals surface area contributed by atoms with Crippen LogP contribution in [0.1, 0.15) is 11.1 Å². The summed E-state index contributed by atoms with van der Waals surface area (Å²) in [7, 11) is 0. The highest BCUT2D eigenvalue weighted by Gasteiger charge is 2.20. The fraction of sp³-hybridized carbons (Fsp3) is 0. The molecule has 2 nitrogen and oxygen atoms in total. The zero-order valence-corrected chi connectivity index (χ0v) is 23.9. The average Bonchev–Trinajstić information content (AvgIpc) is 3.62. The number of hydrogen-bond donors (Lipinski definition) is 0. The van der Waals surface area contributed by atoms with E-state index in [4.69, 9.17) is 0 Å². The molecule has 0 unspecified atom stereocenters. The van der Waals surface area contributed by atoms with E-state index in [1.165, 1.54) is 40.3 Å². The smallest absolute Gasteiger partial charge is 0.100 e. The maximum absolute atomic E-state index is 10.7. The van der Waals surface area contributed by atoms with Gasteiger partial charge >= 0.3 is 0 Å². The van der Waals surface area contributed by atoms with E-state index in [2.05, 4.69) is 109 Å². The number of thiophene rings is 2. The molecule has 0 spiro atoms. The molecule has 0 aliphatic carbocycles. The lowest BCUT2D eigenvalue weighted by Gasteiger charge is -2.16. The van der Waals surface area contributed by atoms with Gasteiger partial charge in [0.25, 0.3) is 0 Å². The lowest BCUT2D eigenvalue weighted by molar-refractivity contribution is 1.46. The predicted molar refractivity (Wildman–Crippen MR) is 178 cm³/mol. The molecule has 8 rings (SSSR count). The van der Waals surface area contributed by atoms with E-state index >= 15 is 0 Å². The molecule has 0 radical (unpaired) electrons. The Morgan fingerprint density at radius 1 is 0.429 bits per heavy atom. The molecule has 0 fully saturated rings. The van der Waals surface area contributed by atoms with Crippen LogP contribution in [0.3, 0.4) is 0 Å². The first-order chi connectivity index (χ1) is 20.7. The zero-order chi connectivity index (χ0) is 28.2. The minimum absolute atomic E-state index is 0.570. The Kier molecular flexibility index (Phi) is 5.66. The third-order valence-corrected chi connectivity index (χ3v) is 10.2. The quantitative estimate of drug-likeness (QED) is 0.213. The van der Waals surface area contributed by atoms with Gasteiger partial charge in [0.1, 0.15) is 6.07 Å². The van der Waals surface area contributed by atoms with Gasteiger partial charge in [-0.1, -0.05) is 72.8 Å². The van der Waals surface area contributed by atoms with Crippen LogP contribution < -0.4 is 0 Å². The minimum atomic E-state index is 0.570. The Hall–Kier alpha value is -5.26. The van der Waals surface area contributed by atoms with Crippen LogP contribution in [0.25, 0.3) is 73.7 Å². The molecule has 0 atom stereocenters. The second-order valence-corrected chi connectivity index (χ2v) is 12.5. The standard InChI is InChI=1S/C38H20N2S2/c39-21-23-8-5-9-24(18-23)30-19-25(26-12-6-16-35-37(26)28-10-1-3-14-33(28)41-35)20-31(32(30)22-40)27-13-7-17-36-38(27)29-11-2-4-15-34(29)42-36/h1-20H. The van der Waals surface area contributed by atoms with Crippen LogP contribution in [0.2, 0.25) is 0 Å². The first-order valence-corrected chi connectivity index (χ1v) is 15.3. The van der Waals surface area contributed by atoms with Gasteiger partial charge in [0.2, 0.25) is 0 Å². The van der Waals surface area contributed by atoms with Crippen molar-refractivity contribution in [1.29, 1.82) is 10.5 Å². The van der Waals surface area contributed by atoms with Crippen molar-refractivity contribution in [1.82, 2.24) is 0 Å². The summed E-state index contributed by atoms with van der Waals surface area (Å²) in [6.07, 6.45) is 0.